The minimum atomic E-state index is 0. The van der Waals surface area contributed by atoms with Crippen LogP contribution in [0.4, 0.5) is 0 Å². The van der Waals surface area contributed by atoms with E-state index in [-0.39, 0.29) is 12.4 Å². The molecule has 1 saturated heterocycles. The van der Waals surface area contributed by atoms with Gasteiger partial charge in [0.2, 0.25) is 0 Å². The van der Waals surface area contributed by atoms with Crippen LogP contribution in [0.5, 0.6) is 0 Å². The molecular formula is C16H23ClN4. The van der Waals surface area contributed by atoms with Crippen LogP contribution in [-0.2, 0) is 6.54 Å². The number of halogens is 1. The number of aromatic nitrogens is 2. The largest absolute Gasteiger partial charge is 0.318 e. The summed E-state index contributed by atoms with van der Waals surface area (Å²) in [5, 5.41) is 7.77. The molecule has 1 atom stereocenters. The molecule has 114 valence electrons. The van der Waals surface area contributed by atoms with Crippen LogP contribution in [0.15, 0.2) is 42.7 Å². The van der Waals surface area contributed by atoms with Gasteiger partial charge in [-0.25, -0.2) is 4.68 Å². The average Bonchev–Trinajstić information content (AvgIpc) is 3.11. The number of rotatable bonds is 5. The van der Waals surface area contributed by atoms with Crippen molar-refractivity contribution in [2.24, 2.45) is 0 Å². The topological polar surface area (TPSA) is 33.1 Å². The molecule has 2 aromatic rings. The average molecular weight is 307 g/mol. The predicted molar refractivity (Wildman–Crippen MR) is 88.2 cm³/mol. The van der Waals surface area contributed by atoms with Crippen LogP contribution < -0.4 is 5.32 Å². The summed E-state index contributed by atoms with van der Waals surface area (Å²) in [5.41, 5.74) is 2.41. The van der Waals surface area contributed by atoms with Crippen molar-refractivity contribution in [2.45, 2.75) is 25.4 Å². The van der Waals surface area contributed by atoms with Gasteiger partial charge in [0.05, 0.1) is 11.9 Å². The van der Waals surface area contributed by atoms with Crippen LogP contribution in [0.25, 0.3) is 5.69 Å². The van der Waals surface area contributed by atoms with Crippen molar-refractivity contribution < 1.29 is 0 Å². The molecule has 0 aliphatic carbocycles. The second kappa shape index (κ2) is 7.59. The molecule has 0 saturated carbocycles. The highest BCUT2D eigenvalue weighted by atomic mass is 35.5. The highest BCUT2D eigenvalue weighted by Crippen LogP contribution is 2.19. The summed E-state index contributed by atoms with van der Waals surface area (Å²) in [7, 11) is 2.03. The van der Waals surface area contributed by atoms with Crippen LogP contribution >= 0.6 is 12.4 Å². The number of para-hydroxylation sites is 1. The minimum absolute atomic E-state index is 0. The van der Waals surface area contributed by atoms with E-state index in [0.717, 1.165) is 18.8 Å². The Kier molecular flexibility index (Phi) is 5.79. The molecule has 1 N–H and O–H groups in total. The molecule has 21 heavy (non-hydrogen) atoms. The molecule has 1 aromatic carbocycles. The van der Waals surface area contributed by atoms with Gasteiger partial charge >= 0.3 is 0 Å². The lowest BCUT2D eigenvalue weighted by Gasteiger charge is -2.23. The maximum atomic E-state index is 4.47. The Hall–Kier alpha value is -1.36. The Morgan fingerprint density at radius 3 is 2.86 bits per heavy atom. The number of hydrogen-bond acceptors (Lipinski definition) is 3. The second-order valence-electron chi connectivity index (χ2n) is 5.45. The normalized spacial score (nSPS) is 18.6. The minimum Gasteiger partial charge on any atom is -0.318 e. The van der Waals surface area contributed by atoms with Gasteiger partial charge in [-0.15, -0.1) is 12.4 Å². The number of nitrogens with one attached hydrogen (secondary N) is 1. The predicted octanol–water partition coefficient (Wildman–Crippen LogP) is 2.48. The number of likely N-dealkylation sites (N-methyl/N-ethyl adjacent to an activating group) is 1. The van der Waals surface area contributed by atoms with Crippen molar-refractivity contribution in [3.05, 3.63) is 48.3 Å². The van der Waals surface area contributed by atoms with Gasteiger partial charge in [-0.3, -0.25) is 4.90 Å². The standard InChI is InChI=1S/C16H22N4.ClH/c1-17-11-16-8-5-9-19(16)12-14-10-18-20(13-14)15-6-3-2-4-7-15;/h2-4,6-7,10,13,16-17H,5,8-9,11-12H2,1H3;1H. The smallest absolute Gasteiger partial charge is 0.0645 e. The quantitative estimate of drug-likeness (QED) is 0.921. The Balaban J connectivity index is 0.00000161. The van der Waals surface area contributed by atoms with E-state index in [2.05, 4.69) is 33.6 Å². The van der Waals surface area contributed by atoms with Crippen molar-refractivity contribution in [2.75, 3.05) is 20.1 Å². The first-order valence-corrected chi connectivity index (χ1v) is 7.34. The number of likely N-dealkylation sites (tertiary alicyclic amines) is 1. The first-order valence-electron chi connectivity index (χ1n) is 7.34. The van der Waals surface area contributed by atoms with E-state index in [1.54, 1.807) is 0 Å². The highest BCUT2D eigenvalue weighted by Gasteiger charge is 2.23. The Morgan fingerprint density at radius 1 is 1.29 bits per heavy atom. The summed E-state index contributed by atoms with van der Waals surface area (Å²) in [6.45, 7) is 3.27. The van der Waals surface area contributed by atoms with Crippen molar-refractivity contribution in [3.8, 4) is 5.69 Å². The fraction of sp³-hybridized carbons (Fsp3) is 0.438. The summed E-state index contributed by atoms with van der Waals surface area (Å²) in [6, 6.07) is 10.9. The number of nitrogens with zero attached hydrogens (tertiary/aromatic N) is 3. The molecule has 0 radical (unpaired) electrons. The third kappa shape index (κ3) is 3.84. The molecule has 0 amide bonds. The van der Waals surface area contributed by atoms with Crippen molar-refractivity contribution in [1.82, 2.24) is 20.0 Å². The molecule has 4 nitrogen and oxygen atoms in total. The van der Waals surface area contributed by atoms with Crippen LogP contribution in [-0.4, -0.2) is 40.9 Å². The van der Waals surface area contributed by atoms with Gasteiger partial charge in [0.1, 0.15) is 0 Å². The van der Waals surface area contributed by atoms with E-state index in [0.29, 0.717) is 6.04 Å². The second-order valence-corrected chi connectivity index (χ2v) is 5.45. The molecular weight excluding hydrogens is 284 g/mol. The van der Waals surface area contributed by atoms with E-state index in [4.69, 9.17) is 0 Å². The van der Waals surface area contributed by atoms with Gasteiger partial charge in [0, 0.05) is 30.9 Å². The SMILES string of the molecule is CNCC1CCCN1Cc1cnn(-c2ccccc2)c1.Cl. The lowest BCUT2D eigenvalue weighted by Crippen LogP contribution is -2.36. The lowest BCUT2D eigenvalue weighted by atomic mass is 10.2. The van der Waals surface area contributed by atoms with Crippen LogP contribution in [0.2, 0.25) is 0 Å². The summed E-state index contributed by atoms with van der Waals surface area (Å²) >= 11 is 0. The van der Waals surface area contributed by atoms with Gasteiger partial charge < -0.3 is 5.32 Å². The van der Waals surface area contributed by atoms with Gasteiger partial charge in [0.25, 0.3) is 0 Å². The first-order chi connectivity index (χ1) is 9.86. The molecule has 1 aliphatic rings. The molecule has 1 aliphatic heterocycles. The fourth-order valence-corrected chi connectivity index (χ4v) is 2.97. The zero-order chi connectivity index (χ0) is 13.8. The zero-order valence-corrected chi connectivity index (χ0v) is 13.2. The molecule has 3 rings (SSSR count). The number of hydrogen-bond donors (Lipinski definition) is 1. The number of benzene rings is 1. The van der Waals surface area contributed by atoms with Crippen LogP contribution in [0, 0.1) is 0 Å². The molecule has 1 fully saturated rings. The molecule has 2 heterocycles. The third-order valence-electron chi connectivity index (χ3n) is 3.98. The van der Waals surface area contributed by atoms with E-state index in [1.807, 2.05) is 36.1 Å². The van der Waals surface area contributed by atoms with Crippen molar-refractivity contribution in [1.29, 1.82) is 0 Å². The van der Waals surface area contributed by atoms with E-state index in [1.165, 1.54) is 24.9 Å². The Bertz CT molecular complexity index is 540. The van der Waals surface area contributed by atoms with Gasteiger partial charge in [-0.05, 0) is 38.6 Å². The fourth-order valence-electron chi connectivity index (χ4n) is 2.97. The molecule has 0 bridgehead atoms. The Morgan fingerprint density at radius 2 is 2.10 bits per heavy atom. The maximum absolute atomic E-state index is 4.47. The van der Waals surface area contributed by atoms with E-state index in [9.17, 15) is 0 Å². The van der Waals surface area contributed by atoms with Crippen molar-refractivity contribution in [3.63, 3.8) is 0 Å². The lowest BCUT2D eigenvalue weighted by molar-refractivity contribution is 0.242. The summed E-state index contributed by atoms with van der Waals surface area (Å²) < 4.78 is 1.96. The molecule has 0 spiro atoms. The van der Waals surface area contributed by atoms with E-state index < -0.39 is 0 Å². The van der Waals surface area contributed by atoms with Crippen LogP contribution in [0.3, 0.4) is 0 Å². The van der Waals surface area contributed by atoms with Gasteiger partial charge in [0.15, 0.2) is 0 Å². The van der Waals surface area contributed by atoms with Crippen molar-refractivity contribution >= 4 is 12.4 Å². The van der Waals surface area contributed by atoms with Gasteiger partial charge in [-0.2, -0.15) is 5.10 Å². The van der Waals surface area contributed by atoms with Gasteiger partial charge in [-0.1, -0.05) is 18.2 Å². The molecule has 1 unspecified atom stereocenters. The highest BCUT2D eigenvalue weighted by molar-refractivity contribution is 5.85. The monoisotopic (exact) mass is 306 g/mol. The zero-order valence-electron chi connectivity index (χ0n) is 12.4. The third-order valence-corrected chi connectivity index (χ3v) is 3.98. The maximum Gasteiger partial charge on any atom is 0.0645 e. The van der Waals surface area contributed by atoms with E-state index >= 15 is 0 Å². The summed E-state index contributed by atoms with van der Waals surface area (Å²) in [6.07, 6.45) is 6.73. The Labute approximate surface area is 132 Å². The first kappa shape index (κ1) is 16.0. The summed E-state index contributed by atoms with van der Waals surface area (Å²) in [4.78, 5) is 2.56. The molecule has 5 heteroatoms. The van der Waals surface area contributed by atoms with Crippen LogP contribution in [0.1, 0.15) is 18.4 Å². The molecule has 1 aromatic heterocycles. The summed E-state index contributed by atoms with van der Waals surface area (Å²) in [5.74, 6) is 0.